The molecular weight excluding hydrogens is 262 g/mol. The number of nitrogens with zero attached hydrogens (tertiary/aromatic N) is 2. The van der Waals surface area contributed by atoms with E-state index >= 15 is 0 Å². The fourth-order valence-corrected chi connectivity index (χ4v) is 3.06. The van der Waals surface area contributed by atoms with Crippen molar-refractivity contribution in [1.82, 2.24) is 9.78 Å². The lowest BCUT2D eigenvalue weighted by atomic mass is 9.89. The Morgan fingerprint density at radius 1 is 1.47 bits per heavy atom. The van der Waals surface area contributed by atoms with Gasteiger partial charge < -0.3 is 5.73 Å². The number of hydrogen-bond donors (Lipinski definition) is 1. The molecule has 1 saturated carbocycles. The van der Waals surface area contributed by atoms with Crippen LogP contribution in [-0.2, 0) is 6.54 Å². The second-order valence-corrected chi connectivity index (χ2v) is 5.74. The van der Waals surface area contributed by atoms with E-state index in [0.717, 1.165) is 38.6 Å². The van der Waals surface area contributed by atoms with Crippen LogP contribution in [0.1, 0.15) is 55.9 Å². The number of Topliss-reactive ketones (excluding diaryl/α,β-unsaturated/α-hetero) is 1. The number of ketones is 1. The molecule has 5 heteroatoms. The number of carbonyl (C=O) groups excluding carboxylic acids is 1. The number of aromatic nitrogens is 2. The average molecular weight is 284 g/mol. The highest BCUT2D eigenvalue weighted by Crippen LogP contribution is 2.28. The molecule has 0 amide bonds. The Morgan fingerprint density at radius 3 is 2.95 bits per heavy atom. The van der Waals surface area contributed by atoms with Gasteiger partial charge in [0.25, 0.3) is 0 Å². The molecule has 4 nitrogen and oxygen atoms in total. The third kappa shape index (κ3) is 3.18. The Kier molecular flexibility index (Phi) is 4.99. The van der Waals surface area contributed by atoms with Crippen LogP contribution in [0.2, 0.25) is 5.02 Å². The Morgan fingerprint density at radius 2 is 2.21 bits per heavy atom. The summed E-state index contributed by atoms with van der Waals surface area (Å²) in [5.74, 6) is -0.0299. The number of halogens is 1. The Hall–Kier alpha value is -0.870. The first-order chi connectivity index (χ1) is 9.15. The fraction of sp³-hybridized carbons (Fsp3) is 0.714. The van der Waals surface area contributed by atoms with Crippen molar-refractivity contribution in [3.05, 3.63) is 16.9 Å². The summed E-state index contributed by atoms with van der Waals surface area (Å²) in [5.41, 5.74) is 6.71. The molecule has 1 aromatic rings. The third-order valence-electron chi connectivity index (χ3n) is 3.87. The van der Waals surface area contributed by atoms with Gasteiger partial charge in [-0.15, -0.1) is 0 Å². The lowest BCUT2D eigenvalue weighted by Gasteiger charge is -2.20. The molecule has 1 heterocycles. The summed E-state index contributed by atoms with van der Waals surface area (Å²) in [6, 6.07) is -0.0453. The summed E-state index contributed by atoms with van der Waals surface area (Å²) in [6.07, 6.45) is 7.64. The van der Waals surface area contributed by atoms with E-state index in [1.165, 1.54) is 6.42 Å². The van der Waals surface area contributed by atoms with Gasteiger partial charge in [-0.25, -0.2) is 0 Å². The van der Waals surface area contributed by atoms with Crippen LogP contribution < -0.4 is 5.73 Å². The highest BCUT2D eigenvalue weighted by molar-refractivity contribution is 6.33. The van der Waals surface area contributed by atoms with Crippen LogP contribution >= 0.6 is 11.6 Å². The largest absolute Gasteiger partial charge is 0.327 e. The van der Waals surface area contributed by atoms with Crippen LogP contribution in [-0.4, -0.2) is 21.6 Å². The van der Waals surface area contributed by atoms with Gasteiger partial charge in [0.05, 0.1) is 11.2 Å². The lowest BCUT2D eigenvalue weighted by Crippen LogP contribution is -2.35. The normalized spacial score (nSPS) is 24.2. The van der Waals surface area contributed by atoms with E-state index in [1.54, 1.807) is 10.9 Å². The summed E-state index contributed by atoms with van der Waals surface area (Å²) in [7, 11) is 0. The maximum atomic E-state index is 12.7. The maximum absolute atomic E-state index is 12.7. The molecule has 19 heavy (non-hydrogen) atoms. The molecule has 0 bridgehead atoms. The first kappa shape index (κ1) is 14.5. The fourth-order valence-electron chi connectivity index (χ4n) is 2.83. The Labute approximate surface area is 119 Å². The maximum Gasteiger partial charge on any atom is 0.187 e. The zero-order valence-electron chi connectivity index (χ0n) is 11.4. The van der Waals surface area contributed by atoms with E-state index in [0.29, 0.717) is 10.7 Å². The molecule has 2 N–H and O–H groups in total. The summed E-state index contributed by atoms with van der Waals surface area (Å²) >= 11 is 6.14. The second-order valence-electron chi connectivity index (χ2n) is 5.34. The number of rotatable bonds is 4. The number of carbonyl (C=O) groups is 1. The molecule has 2 unspecified atom stereocenters. The van der Waals surface area contributed by atoms with Gasteiger partial charge in [-0.2, -0.15) is 5.10 Å². The summed E-state index contributed by atoms with van der Waals surface area (Å²) in [6.45, 7) is 2.77. The zero-order valence-corrected chi connectivity index (χ0v) is 12.2. The number of aryl methyl sites for hydroxylation is 1. The van der Waals surface area contributed by atoms with Crippen molar-refractivity contribution < 1.29 is 4.79 Å². The summed E-state index contributed by atoms with van der Waals surface area (Å²) in [5, 5.41) is 4.65. The van der Waals surface area contributed by atoms with Crippen molar-refractivity contribution in [1.29, 1.82) is 0 Å². The predicted octanol–water partition coefficient (Wildman–Crippen LogP) is 3.04. The van der Waals surface area contributed by atoms with E-state index in [-0.39, 0.29) is 17.7 Å². The topological polar surface area (TPSA) is 60.9 Å². The quantitative estimate of drug-likeness (QED) is 0.682. The minimum atomic E-state index is -0.104. The van der Waals surface area contributed by atoms with Crippen LogP contribution in [0.4, 0.5) is 0 Å². The average Bonchev–Trinajstić information content (AvgIpc) is 2.60. The van der Waals surface area contributed by atoms with Crippen LogP contribution in [0.5, 0.6) is 0 Å². The molecule has 0 saturated heterocycles. The van der Waals surface area contributed by atoms with E-state index in [1.807, 2.05) is 0 Å². The van der Waals surface area contributed by atoms with Crippen molar-refractivity contribution in [3.63, 3.8) is 0 Å². The Bertz CT molecular complexity index is 444. The predicted molar refractivity (Wildman–Crippen MR) is 76.4 cm³/mol. The van der Waals surface area contributed by atoms with E-state index in [4.69, 9.17) is 17.3 Å². The van der Waals surface area contributed by atoms with Gasteiger partial charge in [0.15, 0.2) is 5.78 Å². The molecule has 2 atom stereocenters. The van der Waals surface area contributed by atoms with Gasteiger partial charge in [-0.1, -0.05) is 37.8 Å². The van der Waals surface area contributed by atoms with E-state index < -0.39 is 0 Å². The highest BCUT2D eigenvalue weighted by Gasteiger charge is 2.31. The van der Waals surface area contributed by atoms with Crippen LogP contribution in [0.3, 0.4) is 0 Å². The molecule has 2 rings (SSSR count). The first-order valence-electron chi connectivity index (χ1n) is 7.16. The molecule has 0 spiro atoms. The monoisotopic (exact) mass is 283 g/mol. The lowest BCUT2D eigenvalue weighted by molar-refractivity contribution is 0.0883. The molecular formula is C14H22ClN3O. The minimum Gasteiger partial charge on any atom is -0.327 e. The molecule has 1 aromatic heterocycles. The van der Waals surface area contributed by atoms with E-state index in [2.05, 4.69) is 12.0 Å². The summed E-state index contributed by atoms with van der Waals surface area (Å²) < 4.78 is 1.72. The van der Waals surface area contributed by atoms with Crippen molar-refractivity contribution in [2.75, 3.05) is 0 Å². The molecule has 1 fully saturated rings. The number of hydrogen-bond acceptors (Lipinski definition) is 3. The molecule has 0 aromatic carbocycles. The second kappa shape index (κ2) is 6.53. The van der Waals surface area contributed by atoms with Gasteiger partial charge >= 0.3 is 0 Å². The SMILES string of the molecule is CCCn1ncc(Cl)c1C(=O)C1CCCCCC1N. The van der Waals surface area contributed by atoms with Gasteiger partial charge in [-0.05, 0) is 19.3 Å². The van der Waals surface area contributed by atoms with Gasteiger partial charge in [0.1, 0.15) is 5.69 Å². The van der Waals surface area contributed by atoms with Crippen molar-refractivity contribution in [3.8, 4) is 0 Å². The minimum absolute atomic E-state index is 0.0453. The standard InChI is InChI=1S/C14H22ClN3O/c1-2-8-18-13(11(15)9-17-18)14(19)10-6-4-3-5-7-12(10)16/h9-10,12H,2-8,16H2,1H3. The molecule has 1 aliphatic carbocycles. The van der Waals surface area contributed by atoms with Gasteiger partial charge in [0, 0.05) is 18.5 Å². The van der Waals surface area contributed by atoms with Gasteiger partial charge in [-0.3, -0.25) is 9.48 Å². The van der Waals surface area contributed by atoms with Crippen LogP contribution in [0, 0.1) is 5.92 Å². The smallest absolute Gasteiger partial charge is 0.187 e. The van der Waals surface area contributed by atoms with Gasteiger partial charge in [0.2, 0.25) is 0 Å². The summed E-state index contributed by atoms with van der Waals surface area (Å²) in [4.78, 5) is 12.7. The molecule has 1 aliphatic rings. The van der Waals surface area contributed by atoms with Crippen molar-refractivity contribution in [2.45, 2.75) is 58.0 Å². The van der Waals surface area contributed by atoms with Crippen LogP contribution in [0.15, 0.2) is 6.20 Å². The van der Waals surface area contributed by atoms with Crippen molar-refractivity contribution >= 4 is 17.4 Å². The Balaban J connectivity index is 2.24. The molecule has 106 valence electrons. The first-order valence-corrected chi connectivity index (χ1v) is 7.54. The molecule has 0 radical (unpaired) electrons. The molecule has 0 aliphatic heterocycles. The number of nitrogens with two attached hydrogens (primary N) is 1. The van der Waals surface area contributed by atoms with Crippen molar-refractivity contribution in [2.24, 2.45) is 11.7 Å². The van der Waals surface area contributed by atoms with Crippen LogP contribution in [0.25, 0.3) is 0 Å². The third-order valence-corrected chi connectivity index (χ3v) is 4.15. The zero-order chi connectivity index (χ0) is 13.8. The van der Waals surface area contributed by atoms with E-state index in [9.17, 15) is 4.79 Å². The highest BCUT2D eigenvalue weighted by atomic mass is 35.5.